The highest BCUT2D eigenvalue weighted by atomic mass is 15.1. The molecule has 0 spiro atoms. The van der Waals surface area contributed by atoms with Gasteiger partial charge in [0.1, 0.15) is 12.0 Å². The van der Waals surface area contributed by atoms with Crippen molar-refractivity contribution in [1.82, 2.24) is 35.1 Å². The monoisotopic (exact) mass is 389 g/mol. The molecule has 0 unspecified atom stereocenters. The van der Waals surface area contributed by atoms with Crippen LogP contribution in [0.25, 0.3) is 55.6 Å². The lowest BCUT2D eigenvalue weighted by Crippen LogP contribution is -1.84. The molecular weight excluding hydrogens is 374 g/mol. The van der Waals surface area contributed by atoms with Crippen LogP contribution in [0.15, 0.2) is 79.8 Å². The third-order valence-corrected chi connectivity index (χ3v) is 5.19. The SMILES string of the molecule is c1cncc(-c2nccc3[nH]c(-c4n[nH]c5ccc(-c6cncnc6)cc45)cc23)c1. The molecule has 0 radical (unpaired) electrons. The summed E-state index contributed by atoms with van der Waals surface area (Å²) in [6.45, 7) is 0. The number of pyridine rings is 2. The lowest BCUT2D eigenvalue weighted by atomic mass is 10.0. The van der Waals surface area contributed by atoms with Crippen LogP contribution < -0.4 is 0 Å². The molecule has 0 saturated carbocycles. The average Bonchev–Trinajstić information content (AvgIpc) is 3.43. The molecule has 5 heterocycles. The number of aromatic amines is 2. The van der Waals surface area contributed by atoms with E-state index in [1.807, 2.05) is 48.9 Å². The molecule has 0 aliphatic heterocycles. The van der Waals surface area contributed by atoms with E-state index < -0.39 is 0 Å². The summed E-state index contributed by atoms with van der Waals surface area (Å²) in [6, 6.07) is 14.2. The summed E-state index contributed by atoms with van der Waals surface area (Å²) in [6.07, 6.45) is 10.5. The fourth-order valence-electron chi connectivity index (χ4n) is 3.76. The largest absolute Gasteiger partial charge is 0.353 e. The summed E-state index contributed by atoms with van der Waals surface area (Å²) in [7, 11) is 0. The number of hydrogen-bond acceptors (Lipinski definition) is 5. The molecule has 30 heavy (non-hydrogen) atoms. The molecule has 0 fully saturated rings. The molecule has 0 amide bonds. The number of nitrogens with zero attached hydrogens (tertiary/aromatic N) is 5. The maximum absolute atomic E-state index is 4.59. The van der Waals surface area contributed by atoms with Crippen molar-refractivity contribution in [1.29, 1.82) is 0 Å². The molecule has 5 aromatic heterocycles. The van der Waals surface area contributed by atoms with Gasteiger partial charge in [-0.2, -0.15) is 5.10 Å². The second-order valence-corrected chi connectivity index (χ2v) is 7.01. The van der Waals surface area contributed by atoms with Crippen molar-refractivity contribution in [3.8, 4) is 33.8 Å². The molecule has 0 atom stereocenters. The van der Waals surface area contributed by atoms with Gasteiger partial charge in [-0.25, -0.2) is 9.97 Å². The van der Waals surface area contributed by atoms with Gasteiger partial charge < -0.3 is 4.98 Å². The number of rotatable bonds is 3. The third kappa shape index (κ3) is 2.64. The summed E-state index contributed by atoms with van der Waals surface area (Å²) in [5, 5.41) is 9.77. The summed E-state index contributed by atoms with van der Waals surface area (Å²) in [5.74, 6) is 0. The Morgan fingerprint density at radius 2 is 1.53 bits per heavy atom. The first kappa shape index (κ1) is 16.6. The molecular formula is C23H15N7. The molecule has 6 rings (SSSR count). The Balaban J connectivity index is 1.52. The Morgan fingerprint density at radius 3 is 2.40 bits per heavy atom. The van der Waals surface area contributed by atoms with E-state index >= 15 is 0 Å². The normalized spacial score (nSPS) is 11.3. The van der Waals surface area contributed by atoms with E-state index in [1.165, 1.54) is 6.33 Å². The minimum absolute atomic E-state index is 0.858. The molecule has 0 aliphatic carbocycles. The van der Waals surface area contributed by atoms with Gasteiger partial charge in [-0.15, -0.1) is 0 Å². The van der Waals surface area contributed by atoms with Gasteiger partial charge in [0.15, 0.2) is 0 Å². The topological polar surface area (TPSA) is 96.0 Å². The Bertz CT molecular complexity index is 1480. The number of hydrogen-bond donors (Lipinski definition) is 2. The summed E-state index contributed by atoms with van der Waals surface area (Å²) >= 11 is 0. The van der Waals surface area contributed by atoms with Crippen molar-refractivity contribution < 1.29 is 0 Å². The maximum Gasteiger partial charge on any atom is 0.116 e. The molecule has 2 N–H and O–H groups in total. The van der Waals surface area contributed by atoms with Crippen molar-refractivity contribution in [2.45, 2.75) is 0 Å². The third-order valence-electron chi connectivity index (χ3n) is 5.19. The van der Waals surface area contributed by atoms with Gasteiger partial charge in [0.2, 0.25) is 0 Å². The van der Waals surface area contributed by atoms with Gasteiger partial charge in [-0.3, -0.25) is 15.1 Å². The fraction of sp³-hybridized carbons (Fsp3) is 0. The zero-order valence-corrected chi connectivity index (χ0v) is 15.7. The lowest BCUT2D eigenvalue weighted by molar-refractivity contribution is 1.12. The highest BCUT2D eigenvalue weighted by Crippen LogP contribution is 2.34. The van der Waals surface area contributed by atoms with Crippen molar-refractivity contribution in [2.24, 2.45) is 0 Å². The van der Waals surface area contributed by atoms with Crippen molar-refractivity contribution in [2.75, 3.05) is 0 Å². The van der Waals surface area contributed by atoms with Crippen LogP contribution >= 0.6 is 0 Å². The first-order valence-electron chi connectivity index (χ1n) is 9.49. The first-order chi connectivity index (χ1) is 14.9. The maximum atomic E-state index is 4.59. The van der Waals surface area contributed by atoms with E-state index in [1.54, 1.807) is 12.4 Å². The summed E-state index contributed by atoms with van der Waals surface area (Å²) < 4.78 is 0. The van der Waals surface area contributed by atoms with Crippen LogP contribution in [0.1, 0.15) is 0 Å². The molecule has 0 bridgehead atoms. The van der Waals surface area contributed by atoms with Crippen LogP contribution in [-0.4, -0.2) is 35.1 Å². The molecule has 7 nitrogen and oxygen atoms in total. The van der Waals surface area contributed by atoms with Crippen molar-refractivity contribution >= 4 is 21.8 Å². The second-order valence-electron chi connectivity index (χ2n) is 7.01. The summed E-state index contributed by atoms with van der Waals surface area (Å²) in [4.78, 5) is 20.6. The summed E-state index contributed by atoms with van der Waals surface area (Å²) in [5.41, 5.74) is 7.63. The molecule has 142 valence electrons. The molecule has 0 saturated heterocycles. The van der Waals surface area contributed by atoms with Crippen LogP contribution in [-0.2, 0) is 0 Å². The highest BCUT2D eigenvalue weighted by Gasteiger charge is 2.15. The quantitative estimate of drug-likeness (QED) is 0.460. The van der Waals surface area contributed by atoms with Crippen LogP contribution in [0.5, 0.6) is 0 Å². The van der Waals surface area contributed by atoms with Gasteiger partial charge in [-0.1, -0.05) is 6.07 Å². The number of nitrogens with one attached hydrogen (secondary N) is 2. The Morgan fingerprint density at radius 1 is 0.667 bits per heavy atom. The molecule has 0 aliphatic rings. The predicted octanol–water partition coefficient (Wildman–Crippen LogP) is 4.63. The van der Waals surface area contributed by atoms with Crippen LogP contribution in [0.3, 0.4) is 0 Å². The van der Waals surface area contributed by atoms with E-state index in [2.05, 4.69) is 47.2 Å². The van der Waals surface area contributed by atoms with Crippen LogP contribution in [0.2, 0.25) is 0 Å². The Labute approximate surface area is 170 Å². The van der Waals surface area contributed by atoms with Crippen LogP contribution in [0, 0.1) is 0 Å². The zero-order valence-electron chi connectivity index (χ0n) is 15.7. The van der Waals surface area contributed by atoms with Crippen molar-refractivity contribution in [3.05, 3.63) is 79.8 Å². The first-order valence-corrected chi connectivity index (χ1v) is 9.49. The van der Waals surface area contributed by atoms with Crippen LogP contribution in [0.4, 0.5) is 0 Å². The minimum Gasteiger partial charge on any atom is -0.353 e. The smallest absolute Gasteiger partial charge is 0.116 e. The van der Waals surface area contributed by atoms with Gasteiger partial charge in [-0.05, 0) is 42.0 Å². The highest BCUT2D eigenvalue weighted by molar-refractivity contribution is 6.00. The number of benzene rings is 1. The minimum atomic E-state index is 0.858. The van der Waals surface area contributed by atoms with E-state index in [4.69, 9.17) is 0 Å². The second kappa shape index (κ2) is 6.59. The molecule has 1 aromatic carbocycles. The van der Waals surface area contributed by atoms with Gasteiger partial charge >= 0.3 is 0 Å². The van der Waals surface area contributed by atoms with Gasteiger partial charge in [0.25, 0.3) is 0 Å². The van der Waals surface area contributed by atoms with Gasteiger partial charge in [0.05, 0.1) is 16.9 Å². The average molecular weight is 389 g/mol. The van der Waals surface area contributed by atoms with Gasteiger partial charge in [0, 0.05) is 58.4 Å². The fourth-order valence-corrected chi connectivity index (χ4v) is 3.76. The number of fused-ring (bicyclic) bond motifs is 2. The molecule has 6 aromatic rings. The van der Waals surface area contributed by atoms with Crippen molar-refractivity contribution in [3.63, 3.8) is 0 Å². The Kier molecular flexibility index (Phi) is 3.64. The Hall–Kier alpha value is -4.39. The molecule has 7 heteroatoms. The number of aromatic nitrogens is 7. The van der Waals surface area contributed by atoms with E-state index in [0.717, 1.165) is 55.6 Å². The predicted molar refractivity (Wildman–Crippen MR) is 115 cm³/mol. The lowest BCUT2D eigenvalue weighted by Gasteiger charge is -2.01. The van der Waals surface area contributed by atoms with E-state index in [-0.39, 0.29) is 0 Å². The van der Waals surface area contributed by atoms with E-state index in [0.29, 0.717) is 0 Å². The standard InChI is InChI=1S/C23H15N7/c1-2-15(10-24-6-1)22-18-9-21(28-19(18)5-7-27-22)23-17-8-14(3-4-20(17)29-30-23)16-11-25-13-26-12-16/h1-13,28H,(H,29,30). The van der Waals surface area contributed by atoms with E-state index in [9.17, 15) is 0 Å². The number of H-pyrrole nitrogens is 2. The zero-order chi connectivity index (χ0) is 19.9.